The number of methoxy groups -OCH3 is 1. The molecule has 1 atom stereocenters. The normalized spacial score (nSPS) is 17.1. The van der Waals surface area contributed by atoms with Crippen LogP contribution in [0.2, 0.25) is 0 Å². The molecule has 6 nitrogen and oxygen atoms in total. The van der Waals surface area contributed by atoms with Crippen LogP contribution in [0, 0.1) is 0 Å². The Kier molecular flexibility index (Phi) is 6.16. The molecule has 1 aliphatic carbocycles. The second kappa shape index (κ2) is 9.59. The summed E-state index contributed by atoms with van der Waals surface area (Å²) >= 11 is 3.22. The van der Waals surface area contributed by atoms with E-state index in [4.69, 9.17) is 19.2 Å². The van der Waals surface area contributed by atoms with Crippen LogP contribution in [0.5, 0.6) is 17.2 Å². The summed E-state index contributed by atoms with van der Waals surface area (Å²) in [4.78, 5) is 21.2. The van der Waals surface area contributed by atoms with Gasteiger partial charge in [-0.05, 0) is 67.6 Å². The number of hydrogen-bond donors (Lipinski definition) is 0. The number of nitrogens with zero attached hydrogens (tertiary/aromatic N) is 2. The van der Waals surface area contributed by atoms with Gasteiger partial charge in [0.25, 0.3) is 5.56 Å². The average Bonchev–Trinajstić information content (AvgIpc) is 3.08. The minimum atomic E-state index is -0.133. The zero-order valence-corrected chi connectivity index (χ0v) is 21.1. The minimum absolute atomic E-state index is 0.00762. The zero-order chi connectivity index (χ0) is 23.8. The van der Waals surface area contributed by atoms with Gasteiger partial charge in [-0.15, -0.1) is 11.3 Å². The number of thiophene rings is 1. The van der Waals surface area contributed by atoms with Gasteiger partial charge in [0, 0.05) is 10.6 Å². The molecule has 3 heterocycles. The van der Waals surface area contributed by atoms with Crippen LogP contribution in [-0.4, -0.2) is 35.1 Å². The number of benzene rings is 2. The Balaban J connectivity index is 1.39. The Bertz CT molecular complexity index is 1430. The summed E-state index contributed by atoms with van der Waals surface area (Å²) in [5.41, 5.74) is 2.00. The molecule has 0 spiro atoms. The van der Waals surface area contributed by atoms with Gasteiger partial charge in [0.2, 0.25) is 0 Å². The monoisotopic (exact) mass is 506 g/mol. The fraction of sp³-hybridized carbons (Fsp3) is 0.333. The number of rotatable bonds is 5. The number of aryl methyl sites for hydroxylation is 2. The van der Waals surface area contributed by atoms with E-state index in [1.165, 1.54) is 35.0 Å². The van der Waals surface area contributed by atoms with E-state index in [1.54, 1.807) is 23.0 Å². The van der Waals surface area contributed by atoms with Crippen molar-refractivity contribution in [1.29, 1.82) is 0 Å². The maximum atomic E-state index is 14.0. The Morgan fingerprint density at radius 1 is 1.09 bits per heavy atom. The first-order valence-corrected chi connectivity index (χ1v) is 13.7. The van der Waals surface area contributed by atoms with Gasteiger partial charge in [-0.1, -0.05) is 30.3 Å². The topological polar surface area (TPSA) is 62.6 Å². The molecule has 0 bridgehead atoms. The minimum Gasteiger partial charge on any atom is -0.497 e. The highest BCUT2D eigenvalue weighted by molar-refractivity contribution is 7.99. The first-order chi connectivity index (χ1) is 17.2. The molecular formula is C27H26N2O4S2. The van der Waals surface area contributed by atoms with E-state index in [0.717, 1.165) is 52.4 Å². The zero-order valence-electron chi connectivity index (χ0n) is 19.5. The van der Waals surface area contributed by atoms with Gasteiger partial charge in [-0.2, -0.15) is 0 Å². The number of ether oxygens (including phenoxy) is 3. The molecule has 0 N–H and O–H groups in total. The van der Waals surface area contributed by atoms with E-state index in [2.05, 4.69) is 0 Å². The van der Waals surface area contributed by atoms with Crippen LogP contribution >= 0.6 is 23.1 Å². The van der Waals surface area contributed by atoms with E-state index < -0.39 is 0 Å². The van der Waals surface area contributed by atoms with E-state index >= 15 is 0 Å². The third-order valence-electron chi connectivity index (χ3n) is 6.50. The third-order valence-corrected chi connectivity index (χ3v) is 8.76. The van der Waals surface area contributed by atoms with E-state index in [-0.39, 0.29) is 11.7 Å². The molecule has 2 aromatic carbocycles. The van der Waals surface area contributed by atoms with Crippen molar-refractivity contribution in [2.75, 3.05) is 19.5 Å². The van der Waals surface area contributed by atoms with Gasteiger partial charge in [-0.3, -0.25) is 9.36 Å². The molecule has 180 valence electrons. The van der Waals surface area contributed by atoms with Crippen molar-refractivity contribution in [1.82, 2.24) is 9.55 Å². The molecular weight excluding hydrogens is 480 g/mol. The molecule has 0 amide bonds. The highest BCUT2D eigenvalue weighted by Crippen LogP contribution is 2.36. The summed E-state index contributed by atoms with van der Waals surface area (Å²) in [5.74, 6) is 2.89. The van der Waals surface area contributed by atoms with Gasteiger partial charge < -0.3 is 14.2 Å². The number of hydrogen-bond acceptors (Lipinski definition) is 7. The van der Waals surface area contributed by atoms with Crippen LogP contribution in [0.25, 0.3) is 15.9 Å². The summed E-state index contributed by atoms with van der Waals surface area (Å²) in [6, 6.07) is 15.3. The standard InChI is InChI=1S/C27H26N2O4S2/c1-31-18-13-11-17(12-14-18)29-26(30)24-20-7-3-2-4-10-23(20)35-25(24)28-27(29)34-16-19-15-32-21-8-5-6-9-22(21)33-19/h5-6,8-9,11-14,19H,2-4,7,10,15-16H2,1H3/t19-/m1/s1. The Morgan fingerprint density at radius 2 is 1.89 bits per heavy atom. The van der Waals surface area contributed by atoms with E-state index in [1.807, 2.05) is 48.5 Å². The molecule has 8 heteroatoms. The highest BCUT2D eigenvalue weighted by Gasteiger charge is 2.25. The summed E-state index contributed by atoms with van der Waals surface area (Å²) in [6.07, 6.45) is 5.36. The van der Waals surface area contributed by atoms with E-state index in [9.17, 15) is 4.79 Å². The lowest BCUT2D eigenvalue weighted by Gasteiger charge is -2.26. The predicted molar refractivity (Wildman–Crippen MR) is 140 cm³/mol. The fourth-order valence-electron chi connectivity index (χ4n) is 4.73. The molecule has 0 fully saturated rings. The van der Waals surface area contributed by atoms with Gasteiger partial charge in [0.1, 0.15) is 23.3 Å². The van der Waals surface area contributed by atoms with Gasteiger partial charge in [0.05, 0.1) is 18.2 Å². The summed E-state index contributed by atoms with van der Waals surface area (Å²) in [5, 5.41) is 1.46. The van der Waals surface area contributed by atoms with Gasteiger partial charge >= 0.3 is 0 Å². The van der Waals surface area contributed by atoms with Crippen LogP contribution < -0.4 is 19.8 Å². The summed E-state index contributed by atoms with van der Waals surface area (Å²) in [6.45, 7) is 0.465. The van der Waals surface area contributed by atoms with Crippen molar-refractivity contribution in [2.24, 2.45) is 0 Å². The molecule has 2 aliphatic rings. The van der Waals surface area contributed by atoms with Gasteiger partial charge in [0.15, 0.2) is 16.7 Å². The van der Waals surface area contributed by atoms with Crippen molar-refractivity contribution in [3.05, 3.63) is 69.3 Å². The molecule has 0 saturated heterocycles. The summed E-state index contributed by atoms with van der Waals surface area (Å²) < 4.78 is 19.1. The molecule has 0 radical (unpaired) electrons. The molecule has 0 unspecified atom stereocenters. The van der Waals surface area contributed by atoms with Crippen molar-refractivity contribution >= 4 is 33.3 Å². The second-order valence-corrected chi connectivity index (χ2v) is 10.9. The first-order valence-electron chi connectivity index (χ1n) is 11.9. The van der Waals surface area contributed by atoms with Crippen molar-refractivity contribution < 1.29 is 14.2 Å². The molecule has 0 saturated carbocycles. The Hall–Kier alpha value is -2.97. The van der Waals surface area contributed by atoms with Gasteiger partial charge in [-0.25, -0.2) is 4.98 Å². The van der Waals surface area contributed by atoms with Crippen molar-refractivity contribution in [3.63, 3.8) is 0 Å². The quantitative estimate of drug-likeness (QED) is 0.198. The molecule has 1 aliphatic heterocycles. The fourth-order valence-corrected chi connectivity index (χ4v) is 7.01. The van der Waals surface area contributed by atoms with Crippen LogP contribution in [0.3, 0.4) is 0 Å². The van der Waals surface area contributed by atoms with Crippen LogP contribution in [0.15, 0.2) is 58.5 Å². The SMILES string of the molecule is COc1ccc(-n2c(SC[C@H]3COc4ccccc4O3)nc3sc4c(c3c2=O)CCCCC4)cc1. The molecule has 35 heavy (non-hydrogen) atoms. The smallest absolute Gasteiger partial charge is 0.267 e. The first kappa shape index (κ1) is 22.5. The van der Waals surface area contributed by atoms with Crippen LogP contribution in [-0.2, 0) is 12.8 Å². The average molecular weight is 507 g/mol. The van der Waals surface area contributed by atoms with Crippen LogP contribution in [0.4, 0.5) is 0 Å². The molecule has 2 aromatic heterocycles. The van der Waals surface area contributed by atoms with Crippen LogP contribution in [0.1, 0.15) is 29.7 Å². The second-order valence-electron chi connectivity index (χ2n) is 8.79. The molecule has 4 aromatic rings. The maximum absolute atomic E-state index is 14.0. The summed E-state index contributed by atoms with van der Waals surface area (Å²) in [7, 11) is 1.64. The largest absolute Gasteiger partial charge is 0.497 e. The number of para-hydroxylation sites is 2. The third kappa shape index (κ3) is 4.29. The predicted octanol–water partition coefficient (Wildman–Crippen LogP) is 5.66. The number of thioether (sulfide) groups is 1. The highest BCUT2D eigenvalue weighted by atomic mass is 32.2. The van der Waals surface area contributed by atoms with E-state index in [0.29, 0.717) is 17.5 Å². The lowest BCUT2D eigenvalue weighted by atomic mass is 10.1. The Morgan fingerprint density at radius 3 is 2.71 bits per heavy atom. The lowest BCUT2D eigenvalue weighted by molar-refractivity contribution is 0.107. The molecule has 6 rings (SSSR count). The van der Waals surface area contributed by atoms with Crippen molar-refractivity contribution in [2.45, 2.75) is 43.4 Å². The lowest BCUT2D eigenvalue weighted by Crippen LogP contribution is -2.31. The van der Waals surface area contributed by atoms with Crippen molar-refractivity contribution in [3.8, 4) is 22.9 Å². The number of fused-ring (bicyclic) bond motifs is 4. The Labute approximate surface area is 211 Å². The maximum Gasteiger partial charge on any atom is 0.267 e. The number of aromatic nitrogens is 2.